The van der Waals surface area contributed by atoms with E-state index in [9.17, 15) is 0 Å². The van der Waals surface area contributed by atoms with E-state index in [4.69, 9.17) is 5.26 Å². The van der Waals surface area contributed by atoms with Crippen LogP contribution in [0.2, 0.25) is 0 Å². The smallest absolute Gasteiger partial charge is 0.0621 e. The Hall–Kier alpha value is -0.550. The average Bonchev–Trinajstić information content (AvgIpc) is 2.69. The molecule has 0 N–H and O–H groups in total. The Kier molecular flexibility index (Phi) is 5.11. The van der Waals surface area contributed by atoms with Crippen LogP contribution in [0, 0.1) is 16.7 Å². The van der Waals surface area contributed by atoms with Crippen molar-refractivity contribution >= 4 is 0 Å². The van der Waals surface area contributed by atoms with Gasteiger partial charge in [0.15, 0.2) is 0 Å². The van der Waals surface area contributed by atoms with Crippen LogP contribution in [-0.4, -0.2) is 24.5 Å². The number of hydrogen-bond donors (Lipinski definition) is 0. The molecule has 86 valence electrons. The molecule has 0 radical (unpaired) electrons. The van der Waals surface area contributed by atoms with Gasteiger partial charge in [0.05, 0.1) is 6.07 Å². The van der Waals surface area contributed by atoms with Crippen LogP contribution in [0.5, 0.6) is 0 Å². The van der Waals surface area contributed by atoms with Crippen LogP contribution in [0.1, 0.15) is 52.4 Å². The fourth-order valence-electron chi connectivity index (χ4n) is 2.59. The van der Waals surface area contributed by atoms with Gasteiger partial charge in [0.1, 0.15) is 0 Å². The van der Waals surface area contributed by atoms with E-state index in [1.54, 1.807) is 0 Å². The lowest BCUT2D eigenvalue weighted by molar-refractivity contribution is 0.238. The van der Waals surface area contributed by atoms with Gasteiger partial charge in [-0.3, -0.25) is 0 Å². The minimum atomic E-state index is 0.606. The summed E-state index contributed by atoms with van der Waals surface area (Å²) in [7, 11) is 0. The van der Waals surface area contributed by atoms with Gasteiger partial charge >= 0.3 is 0 Å². The van der Waals surface area contributed by atoms with E-state index in [1.807, 2.05) is 0 Å². The number of nitrogens with zero attached hydrogens (tertiary/aromatic N) is 2. The standard InChI is InChI=1S/C13H24N2/c1-3-13(4-2)8-11-15(12-13)10-7-5-6-9-14/h3-8,10-12H2,1-2H3. The molecular formula is C13H24N2. The first-order chi connectivity index (χ1) is 7.26. The minimum absolute atomic E-state index is 0.606. The van der Waals surface area contributed by atoms with Crippen LogP contribution in [0.4, 0.5) is 0 Å². The second-order valence-corrected chi connectivity index (χ2v) is 4.85. The molecule has 0 unspecified atom stereocenters. The van der Waals surface area contributed by atoms with Crippen LogP contribution < -0.4 is 0 Å². The third-order valence-corrected chi connectivity index (χ3v) is 4.03. The van der Waals surface area contributed by atoms with Crippen molar-refractivity contribution in [2.45, 2.75) is 52.4 Å². The van der Waals surface area contributed by atoms with Crippen LogP contribution in [0.15, 0.2) is 0 Å². The maximum atomic E-state index is 8.45. The van der Waals surface area contributed by atoms with Crippen LogP contribution in [-0.2, 0) is 0 Å². The van der Waals surface area contributed by atoms with Gasteiger partial charge in [0.2, 0.25) is 0 Å². The Bertz CT molecular complexity index is 213. The Labute approximate surface area is 94.3 Å². The van der Waals surface area contributed by atoms with Crippen molar-refractivity contribution < 1.29 is 0 Å². The van der Waals surface area contributed by atoms with Crippen LogP contribution in [0.25, 0.3) is 0 Å². The highest BCUT2D eigenvalue weighted by Gasteiger charge is 2.34. The fourth-order valence-corrected chi connectivity index (χ4v) is 2.59. The first kappa shape index (κ1) is 12.5. The normalized spacial score (nSPS) is 20.3. The van der Waals surface area contributed by atoms with E-state index in [-0.39, 0.29) is 0 Å². The van der Waals surface area contributed by atoms with Crippen LogP contribution >= 0.6 is 0 Å². The Morgan fingerprint density at radius 3 is 2.53 bits per heavy atom. The average molecular weight is 208 g/mol. The zero-order valence-corrected chi connectivity index (χ0v) is 10.3. The third-order valence-electron chi connectivity index (χ3n) is 4.03. The summed E-state index contributed by atoms with van der Waals surface area (Å²) >= 11 is 0. The summed E-state index contributed by atoms with van der Waals surface area (Å²) in [5.41, 5.74) is 0.606. The van der Waals surface area contributed by atoms with Crippen LogP contribution in [0.3, 0.4) is 0 Å². The summed E-state index contributed by atoms with van der Waals surface area (Å²) in [6.07, 6.45) is 6.99. The molecule has 0 saturated carbocycles. The Morgan fingerprint density at radius 1 is 1.27 bits per heavy atom. The fraction of sp³-hybridized carbons (Fsp3) is 0.923. The summed E-state index contributed by atoms with van der Waals surface area (Å²) in [6.45, 7) is 8.40. The van der Waals surface area contributed by atoms with Gasteiger partial charge in [-0.2, -0.15) is 5.26 Å². The van der Waals surface area contributed by atoms with E-state index in [0.717, 1.165) is 12.8 Å². The molecule has 0 aromatic carbocycles. The molecule has 1 fully saturated rings. The summed E-state index contributed by atoms with van der Waals surface area (Å²) < 4.78 is 0. The third kappa shape index (κ3) is 3.50. The lowest BCUT2D eigenvalue weighted by Gasteiger charge is -2.26. The molecule has 0 bridgehead atoms. The molecular weight excluding hydrogens is 184 g/mol. The van der Waals surface area contributed by atoms with Gasteiger partial charge in [-0.25, -0.2) is 0 Å². The largest absolute Gasteiger partial charge is 0.303 e. The second kappa shape index (κ2) is 6.12. The van der Waals surface area contributed by atoms with Crippen molar-refractivity contribution in [1.82, 2.24) is 4.90 Å². The zero-order valence-electron chi connectivity index (χ0n) is 10.3. The molecule has 0 amide bonds. The molecule has 1 saturated heterocycles. The monoisotopic (exact) mass is 208 g/mol. The Balaban J connectivity index is 2.21. The van der Waals surface area contributed by atoms with Gasteiger partial charge in [0, 0.05) is 13.0 Å². The zero-order chi connectivity index (χ0) is 11.1. The summed E-state index contributed by atoms with van der Waals surface area (Å²) in [5.74, 6) is 0. The first-order valence-electron chi connectivity index (χ1n) is 6.35. The maximum absolute atomic E-state index is 8.45. The van der Waals surface area contributed by atoms with Gasteiger partial charge in [-0.15, -0.1) is 0 Å². The highest BCUT2D eigenvalue weighted by molar-refractivity contribution is 4.87. The molecule has 1 aliphatic rings. The highest BCUT2D eigenvalue weighted by Crippen LogP contribution is 2.36. The van der Waals surface area contributed by atoms with E-state index in [1.165, 1.54) is 45.3 Å². The van der Waals surface area contributed by atoms with Crippen molar-refractivity contribution in [3.05, 3.63) is 0 Å². The number of rotatable bonds is 6. The van der Waals surface area contributed by atoms with Gasteiger partial charge in [-0.05, 0) is 50.6 Å². The predicted molar refractivity (Wildman–Crippen MR) is 63.5 cm³/mol. The number of likely N-dealkylation sites (tertiary alicyclic amines) is 1. The molecule has 0 atom stereocenters. The molecule has 1 rings (SSSR count). The molecule has 15 heavy (non-hydrogen) atoms. The van der Waals surface area contributed by atoms with Crippen molar-refractivity contribution in [2.24, 2.45) is 5.41 Å². The molecule has 0 aromatic heterocycles. The van der Waals surface area contributed by atoms with Crippen molar-refractivity contribution in [3.8, 4) is 6.07 Å². The van der Waals surface area contributed by atoms with Gasteiger partial charge < -0.3 is 4.90 Å². The number of unbranched alkanes of at least 4 members (excludes halogenated alkanes) is 2. The summed E-state index contributed by atoms with van der Waals surface area (Å²) in [6, 6.07) is 2.21. The number of nitriles is 1. The van der Waals surface area contributed by atoms with Crippen molar-refractivity contribution in [3.63, 3.8) is 0 Å². The van der Waals surface area contributed by atoms with E-state index < -0.39 is 0 Å². The van der Waals surface area contributed by atoms with Gasteiger partial charge in [-0.1, -0.05) is 13.8 Å². The topological polar surface area (TPSA) is 27.0 Å². The van der Waals surface area contributed by atoms with E-state index in [2.05, 4.69) is 24.8 Å². The molecule has 1 aliphatic heterocycles. The molecule has 2 nitrogen and oxygen atoms in total. The van der Waals surface area contributed by atoms with Crippen molar-refractivity contribution in [1.29, 1.82) is 5.26 Å². The predicted octanol–water partition coefficient (Wildman–Crippen LogP) is 3.19. The lowest BCUT2D eigenvalue weighted by Crippen LogP contribution is -2.27. The molecule has 2 heteroatoms. The first-order valence-corrected chi connectivity index (χ1v) is 6.35. The number of hydrogen-bond acceptors (Lipinski definition) is 2. The summed E-state index contributed by atoms with van der Waals surface area (Å²) in [5, 5.41) is 8.45. The highest BCUT2D eigenvalue weighted by atomic mass is 15.2. The van der Waals surface area contributed by atoms with E-state index in [0.29, 0.717) is 5.41 Å². The molecule has 0 aromatic rings. The maximum Gasteiger partial charge on any atom is 0.0621 e. The lowest BCUT2D eigenvalue weighted by atomic mass is 9.82. The Morgan fingerprint density at radius 2 is 2.00 bits per heavy atom. The van der Waals surface area contributed by atoms with E-state index >= 15 is 0 Å². The van der Waals surface area contributed by atoms with Crippen molar-refractivity contribution in [2.75, 3.05) is 19.6 Å². The summed E-state index contributed by atoms with van der Waals surface area (Å²) in [4.78, 5) is 2.59. The molecule has 0 spiro atoms. The second-order valence-electron chi connectivity index (χ2n) is 4.85. The molecule has 1 heterocycles. The van der Waals surface area contributed by atoms with Gasteiger partial charge in [0.25, 0.3) is 0 Å². The molecule has 0 aliphatic carbocycles. The minimum Gasteiger partial charge on any atom is -0.303 e. The quantitative estimate of drug-likeness (QED) is 0.627. The SMILES string of the molecule is CCC1(CC)CCN(CCCCC#N)C1.